The van der Waals surface area contributed by atoms with Gasteiger partial charge in [0.05, 0.1) is 65.8 Å². The first-order valence-electron chi connectivity index (χ1n) is 19.8. The van der Waals surface area contributed by atoms with Crippen molar-refractivity contribution < 1.29 is 31.6 Å². The molecule has 0 amide bonds. The van der Waals surface area contributed by atoms with Gasteiger partial charge in [0.1, 0.15) is 24.6 Å². The molecule has 0 radical (unpaired) electrons. The average molecular weight is 758 g/mol. The van der Waals surface area contributed by atoms with E-state index in [4.69, 9.17) is 14.5 Å². The molecule has 0 aliphatic carbocycles. The van der Waals surface area contributed by atoms with Gasteiger partial charge in [0.2, 0.25) is 5.82 Å². The number of aromatic nitrogens is 1. The zero-order valence-electron chi connectivity index (χ0n) is 34.0. The van der Waals surface area contributed by atoms with E-state index in [2.05, 4.69) is 90.3 Å². The summed E-state index contributed by atoms with van der Waals surface area (Å²) in [4.78, 5) is 5.24. The van der Waals surface area contributed by atoms with Crippen LogP contribution >= 0.6 is 0 Å². The summed E-state index contributed by atoms with van der Waals surface area (Å²) in [5, 5.41) is 0. The second kappa shape index (κ2) is 15.3. The van der Waals surface area contributed by atoms with Crippen LogP contribution in [0.25, 0.3) is 28.0 Å². The van der Waals surface area contributed by atoms with Crippen LogP contribution in [-0.2, 0) is 13.1 Å². The molecule has 5 aromatic rings. The Labute approximate surface area is 330 Å². The first kappa shape index (κ1) is 38.9. The number of ether oxygens (including phenoxy) is 2. The molecule has 1 aromatic heterocycles. The second-order valence-electron chi connectivity index (χ2n) is 15.6. The van der Waals surface area contributed by atoms with E-state index < -0.39 is 6.97 Å². The minimum Gasteiger partial charge on any atom is -0.497 e. The Bertz CT molecular complexity index is 2300. The molecule has 2 aliphatic rings. The number of methoxy groups -OCH3 is 2. The monoisotopic (exact) mass is 757 g/mol. The van der Waals surface area contributed by atoms with E-state index in [9.17, 15) is 0 Å². The molecule has 0 saturated carbocycles. The topological polar surface area (TPSA) is 38.8 Å². The van der Waals surface area contributed by atoms with E-state index >= 15 is 8.63 Å². The van der Waals surface area contributed by atoms with Crippen molar-refractivity contribution in [2.45, 2.75) is 40.8 Å². The fourth-order valence-electron chi connectivity index (χ4n) is 7.85. The Balaban J connectivity index is 1.43. The lowest BCUT2D eigenvalue weighted by atomic mass is 9.90. The van der Waals surface area contributed by atoms with Gasteiger partial charge in [-0.15, -0.1) is 0 Å². The van der Waals surface area contributed by atoms with Gasteiger partial charge in [-0.05, 0) is 110 Å². The van der Waals surface area contributed by atoms with Crippen LogP contribution in [-0.4, -0.2) is 90.9 Å². The van der Waals surface area contributed by atoms with E-state index in [1.807, 2.05) is 36.4 Å². The Morgan fingerprint density at radius 2 is 1.07 bits per heavy atom. The van der Waals surface area contributed by atoms with Crippen LogP contribution in [0.3, 0.4) is 0 Å². The molecule has 7 nitrogen and oxygen atoms in total. The van der Waals surface area contributed by atoms with Crippen molar-refractivity contribution in [3.63, 3.8) is 0 Å². The summed E-state index contributed by atoms with van der Waals surface area (Å²) in [7, 11) is 7.71. The highest BCUT2D eigenvalue weighted by molar-refractivity contribution is 6.63. The molecule has 0 fully saturated rings. The molecule has 290 valence electrons. The van der Waals surface area contributed by atoms with Crippen LogP contribution in [0.2, 0.25) is 0 Å². The number of quaternary nitrogens is 2. The largest absolute Gasteiger partial charge is 0.642 e. The van der Waals surface area contributed by atoms with Crippen molar-refractivity contribution in [2.75, 3.05) is 54.5 Å². The lowest BCUT2D eigenvalue weighted by Crippen LogP contribution is -2.53. The van der Waals surface area contributed by atoms with Gasteiger partial charge in [-0.25, -0.2) is 0 Å². The molecule has 10 heteroatoms. The summed E-state index contributed by atoms with van der Waals surface area (Å²) in [5.41, 5.74) is 7.46. The summed E-state index contributed by atoms with van der Waals surface area (Å²) in [6.07, 6.45) is 1.87. The molecule has 7 rings (SSSR count). The zero-order valence-corrected chi connectivity index (χ0v) is 34.0. The summed E-state index contributed by atoms with van der Waals surface area (Å²) < 4.78 is 50.9. The van der Waals surface area contributed by atoms with Crippen molar-refractivity contribution >= 4 is 29.9 Å². The van der Waals surface area contributed by atoms with Crippen molar-refractivity contribution in [1.29, 1.82) is 0 Å². The second-order valence-corrected chi connectivity index (χ2v) is 15.6. The van der Waals surface area contributed by atoms with Gasteiger partial charge >= 0.3 is 6.97 Å². The highest BCUT2D eigenvalue weighted by Gasteiger charge is 2.53. The molecule has 0 saturated heterocycles. The SMILES string of the molecule is CC[N+](C)(CC)Cc1ccc(C2=CC(c3ccc(OC)cc3)=[N+]3C2=Nc2c(-c4ccc(C[N+](C)(CC)CC)cc4)cc(-c4ccc(OC)cc4)n2[B-]3(F)F)cc1. The van der Waals surface area contributed by atoms with Crippen LogP contribution in [0.15, 0.2) is 114 Å². The number of rotatable bonds is 14. The number of hydrogen-bond acceptors (Lipinski definition) is 3. The van der Waals surface area contributed by atoms with Crippen LogP contribution in [0.1, 0.15) is 49.9 Å². The molecule has 0 atom stereocenters. The van der Waals surface area contributed by atoms with Gasteiger partial charge in [0.15, 0.2) is 0 Å². The van der Waals surface area contributed by atoms with E-state index in [-0.39, 0.29) is 11.7 Å². The predicted octanol–water partition coefficient (Wildman–Crippen LogP) is 9.68. The summed E-state index contributed by atoms with van der Waals surface area (Å²) in [5.74, 6) is 1.78. The van der Waals surface area contributed by atoms with Gasteiger partial charge < -0.3 is 36.0 Å². The fourth-order valence-corrected chi connectivity index (χ4v) is 7.85. The van der Waals surface area contributed by atoms with Crippen LogP contribution in [0.4, 0.5) is 14.4 Å². The molecule has 4 aromatic carbocycles. The van der Waals surface area contributed by atoms with Gasteiger partial charge in [-0.3, -0.25) is 0 Å². The molecular weight excluding hydrogens is 703 g/mol. The first-order chi connectivity index (χ1) is 26.9. The standard InChI is InChI=1S/C46H54BF2N5O2/c1-9-53(5,10-2)31-33-13-17-35(18-14-33)41-29-43(37-21-25-39(55-7)26-22-37)51-45(41)50-46-42(36-19-15-34(16-20-36)32-54(6,11-3)12-4)30-44(52(46)47(51,48)49)38-23-27-40(56-8)28-24-38/h13-30H,9-12,31-32H2,1-8H3/q+2. The summed E-state index contributed by atoms with van der Waals surface area (Å²) in [6.45, 7) is 10.2. The molecule has 0 unspecified atom stereocenters. The molecule has 0 spiro atoms. The highest BCUT2D eigenvalue weighted by Crippen LogP contribution is 2.46. The number of allylic oxidation sites excluding steroid dienone is 1. The Morgan fingerprint density at radius 1 is 0.625 bits per heavy atom. The molecule has 3 heterocycles. The van der Waals surface area contributed by atoms with Gasteiger partial charge in [0, 0.05) is 27.9 Å². The van der Waals surface area contributed by atoms with Crippen molar-refractivity contribution in [3.05, 3.63) is 131 Å². The molecule has 56 heavy (non-hydrogen) atoms. The first-order valence-corrected chi connectivity index (χ1v) is 19.8. The lowest BCUT2D eigenvalue weighted by Gasteiger charge is -2.32. The maximum atomic E-state index is 18.0. The van der Waals surface area contributed by atoms with E-state index in [1.165, 1.54) is 11.1 Å². The Kier molecular flexibility index (Phi) is 10.7. The van der Waals surface area contributed by atoms with Gasteiger partial charge in [-0.2, -0.15) is 0 Å². The van der Waals surface area contributed by atoms with Crippen molar-refractivity contribution in [1.82, 2.24) is 4.48 Å². The third-order valence-corrected chi connectivity index (χ3v) is 12.3. The minimum absolute atomic E-state index is 0.236. The average Bonchev–Trinajstić information content (AvgIpc) is 3.82. The maximum Gasteiger partial charge on any atom is 0.642 e. The van der Waals surface area contributed by atoms with Gasteiger partial charge in [0.25, 0.3) is 5.84 Å². The van der Waals surface area contributed by atoms with E-state index in [0.29, 0.717) is 45.2 Å². The normalized spacial score (nSPS) is 15.0. The van der Waals surface area contributed by atoms with E-state index in [0.717, 1.165) is 68.3 Å². The maximum absolute atomic E-state index is 18.0. The zero-order chi connectivity index (χ0) is 39.8. The summed E-state index contributed by atoms with van der Waals surface area (Å²) >= 11 is 0. The predicted molar refractivity (Wildman–Crippen MR) is 226 cm³/mol. The van der Waals surface area contributed by atoms with Crippen LogP contribution in [0, 0.1) is 0 Å². The van der Waals surface area contributed by atoms with Crippen LogP contribution in [0.5, 0.6) is 11.5 Å². The molecule has 0 N–H and O–H groups in total. The van der Waals surface area contributed by atoms with E-state index in [1.54, 1.807) is 38.5 Å². The third kappa shape index (κ3) is 7.12. The number of amidine groups is 1. The van der Waals surface area contributed by atoms with Crippen molar-refractivity contribution in [2.24, 2.45) is 4.99 Å². The van der Waals surface area contributed by atoms with Crippen LogP contribution < -0.4 is 9.47 Å². The number of fused-ring (bicyclic) bond motifs is 2. The number of nitrogens with zero attached hydrogens (tertiary/aromatic N) is 5. The minimum atomic E-state index is -4.46. The number of halogens is 2. The molecule has 2 aliphatic heterocycles. The Hall–Kier alpha value is -5.32. The number of aliphatic imine (C=N–C) groups is 1. The van der Waals surface area contributed by atoms with Crippen molar-refractivity contribution in [3.8, 4) is 33.9 Å². The lowest BCUT2D eigenvalue weighted by molar-refractivity contribution is -0.919. The number of benzene rings is 4. The Morgan fingerprint density at radius 3 is 1.54 bits per heavy atom. The highest BCUT2D eigenvalue weighted by atomic mass is 19.2. The number of hydrogen-bond donors (Lipinski definition) is 0. The molecule has 0 bridgehead atoms. The van der Waals surface area contributed by atoms with Gasteiger partial charge in [-0.1, -0.05) is 48.5 Å². The quantitative estimate of drug-likeness (QED) is 0.0837. The summed E-state index contributed by atoms with van der Waals surface area (Å²) in [6, 6.07) is 33.1. The fraction of sp³-hybridized carbons (Fsp3) is 0.304. The smallest absolute Gasteiger partial charge is 0.497 e. The third-order valence-electron chi connectivity index (χ3n) is 12.3. The molecular formula is C46H54BF2N5O2+2.